The first-order valence-electron chi connectivity index (χ1n) is 32.3. The van der Waals surface area contributed by atoms with Gasteiger partial charge in [-0.2, -0.15) is 0 Å². The van der Waals surface area contributed by atoms with E-state index in [1.165, 1.54) is 302 Å². The molecule has 1 amide bonds. The van der Waals surface area contributed by atoms with Crippen LogP contribution in [0.4, 0.5) is 0 Å². The van der Waals surface area contributed by atoms with Gasteiger partial charge in [-0.15, -0.1) is 0 Å². The summed E-state index contributed by atoms with van der Waals surface area (Å²) in [7, 11) is 0. The molecule has 0 aliphatic heterocycles. The predicted octanol–water partition coefficient (Wildman–Crippen LogP) is 20.3. The summed E-state index contributed by atoms with van der Waals surface area (Å²) in [6.45, 7) is 4.99. The van der Waals surface area contributed by atoms with Crippen molar-refractivity contribution in [3.63, 3.8) is 0 Å². The van der Waals surface area contributed by atoms with Crippen LogP contribution in [-0.4, -0.2) is 47.4 Å². The van der Waals surface area contributed by atoms with Crippen LogP contribution >= 0.6 is 0 Å². The Kier molecular flexibility index (Phi) is 59.4. The number of aliphatic hydroxyl groups is 2. The minimum Gasteiger partial charge on any atom is -0.466 e. The molecule has 6 heteroatoms. The lowest BCUT2D eigenvalue weighted by Gasteiger charge is -2.22. The number of nitrogens with one attached hydrogen (secondary N) is 1. The number of aliphatic hydroxyl groups excluding tert-OH is 2. The zero-order chi connectivity index (χ0) is 50.7. The van der Waals surface area contributed by atoms with Crippen molar-refractivity contribution >= 4 is 11.9 Å². The molecule has 0 rings (SSSR count). The number of esters is 1. The van der Waals surface area contributed by atoms with Gasteiger partial charge in [-0.1, -0.05) is 335 Å². The van der Waals surface area contributed by atoms with E-state index in [0.29, 0.717) is 25.9 Å². The fourth-order valence-corrected chi connectivity index (χ4v) is 10.5. The van der Waals surface area contributed by atoms with Gasteiger partial charge in [0.15, 0.2) is 0 Å². The van der Waals surface area contributed by atoms with Gasteiger partial charge in [-0.05, 0) is 25.7 Å². The van der Waals surface area contributed by atoms with Gasteiger partial charge in [-0.25, -0.2) is 0 Å². The van der Waals surface area contributed by atoms with Crippen molar-refractivity contribution in [3.8, 4) is 0 Å². The molecule has 0 fully saturated rings. The van der Waals surface area contributed by atoms with E-state index in [1.807, 2.05) is 0 Å². The molecule has 0 heterocycles. The number of amides is 1. The molecule has 3 N–H and O–H groups in total. The average Bonchev–Trinajstić information content (AvgIpc) is 3.36. The maximum atomic E-state index is 12.5. The van der Waals surface area contributed by atoms with Crippen LogP contribution in [0, 0.1) is 0 Å². The average molecular weight is 991 g/mol. The molecule has 2 atom stereocenters. The largest absolute Gasteiger partial charge is 0.466 e. The lowest BCUT2D eigenvalue weighted by Crippen LogP contribution is -2.45. The van der Waals surface area contributed by atoms with Crippen molar-refractivity contribution in [2.45, 2.75) is 386 Å². The molecule has 6 nitrogen and oxygen atoms in total. The van der Waals surface area contributed by atoms with Gasteiger partial charge in [0.25, 0.3) is 0 Å². The van der Waals surface area contributed by atoms with E-state index in [9.17, 15) is 19.8 Å². The third kappa shape index (κ3) is 56.2. The van der Waals surface area contributed by atoms with Gasteiger partial charge >= 0.3 is 5.97 Å². The van der Waals surface area contributed by atoms with Gasteiger partial charge in [0, 0.05) is 12.8 Å². The molecule has 0 aromatic carbocycles. The molecule has 418 valence electrons. The van der Waals surface area contributed by atoms with Crippen molar-refractivity contribution in [1.29, 1.82) is 0 Å². The molecule has 0 aromatic rings. The Bertz CT molecular complexity index is 1010. The summed E-state index contributed by atoms with van der Waals surface area (Å²) in [6.07, 6.45) is 71.1. The minimum atomic E-state index is -0.665. The molecule has 0 spiro atoms. The molecular weight excluding hydrogens is 863 g/mol. The van der Waals surface area contributed by atoms with Crippen LogP contribution in [0.5, 0.6) is 0 Å². The van der Waals surface area contributed by atoms with E-state index >= 15 is 0 Å². The number of ether oxygens (including phenoxy) is 1. The highest BCUT2D eigenvalue weighted by atomic mass is 16.5. The molecule has 0 saturated heterocycles. The minimum absolute atomic E-state index is 0.0142. The second kappa shape index (κ2) is 60.4. The predicted molar refractivity (Wildman–Crippen MR) is 306 cm³/mol. The molecule has 0 radical (unpaired) electrons. The number of hydrogen-bond acceptors (Lipinski definition) is 5. The highest BCUT2D eigenvalue weighted by molar-refractivity contribution is 5.76. The highest BCUT2D eigenvalue weighted by Crippen LogP contribution is 2.19. The standard InChI is InChI=1S/C64H127NO5/c1-3-5-7-9-11-13-15-17-19-20-23-26-29-32-36-40-44-48-52-56-62(67)61(60-66)65-63(68)57-53-49-45-41-37-33-30-27-24-21-22-25-28-31-35-39-43-47-51-55-59-70-64(69)58-54-50-46-42-38-34-18-16-14-12-10-8-6-4-2/h61-62,66-67H,3-60H2,1-2H3,(H,65,68). The SMILES string of the molecule is CCCCCCCCCCCCCCCCCCCCCC(O)C(CO)NC(=O)CCCCCCCCCCCCCCCCCCCCCCOC(=O)CCCCCCCCCCCCCCCC. The lowest BCUT2D eigenvalue weighted by atomic mass is 10.0. The quantitative estimate of drug-likeness (QED) is 0.0417. The van der Waals surface area contributed by atoms with E-state index in [2.05, 4.69) is 19.2 Å². The van der Waals surface area contributed by atoms with Crippen LogP contribution in [-0.2, 0) is 14.3 Å². The number of unbranched alkanes of at least 4 members (excludes halogenated alkanes) is 50. The van der Waals surface area contributed by atoms with E-state index in [-0.39, 0.29) is 18.5 Å². The van der Waals surface area contributed by atoms with Crippen LogP contribution in [0.1, 0.15) is 373 Å². The summed E-state index contributed by atoms with van der Waals surface area (Å²) in [6, 6.07) is -0.542. The summed E-state index contributed by atoms with van der Waals surface area (Å²) in [5.41, 5.74) is 0. The summed E-state index contributed by atoms with van der Waals surface area (Å²) in [4.78, 5) is 24.6. The first kappa shape index (κ1) is 68.9. The Morgan fingerprint density at radius 2 is 0.586 bits per heavy atom. The van der Waals surface area contributed by atoms with Crippen LogP contribution in [0.2, 0.25) is 0 Å². The second-order valence-corrected chi connectivity index (χ2v) is 22.5. The zero-order valence-electron chi connectivity index (χ0n) is 47.8. The Morgan fingerprint density at radius 1 is 0.343 bits per heavy atom. The van der Waals surface area contributed by atoms with Crippen LogP contribution < -0.4 is 5.32 Å². The fourth-order valence-electron chi connectivity index (χ4n) is 10.5. The number of rotatable bonds is 61. The van der Waals surface area contributed by atoms with Crippen molar-refractivity contribution in [2.75, 3.05) is 13.2 Å². The number of carbonyl (C=O) groups excluding carboxylic acids is 2. The Hall–Kier alpha value is -1.14. The second-order valence-electron chi connectivity index (χ2n) is 22.5. The maximum Gasteiger partial charge on any atom is 0.305 e. The van der Waals surface area contributed by atoms with E-state index < -0.39 is 12.1 Å². The number of carbonyl (C=O) groups is 2. The Balaban J connectivity index is 3.38. The monoisotopic (exact) mass is 990 g/mol. The molecule has 0 bridgehead atoms. The smallest absolute Gasteiger partial charge is 0.305 e. The molecule has 0 aliphatic rings. The van der Waals surface area contributed by atoms with Crippen molar-refractivity contribution in [1.82, 2.24) is 5.32 Å². The maximum absolute atomic E-state index is 12.5. The normalized spacial score (nSPS) is 12.5. The van der Waals surface area contributed by atoms with Crippen molar-refractivity contribution < 1.29 is 24.5 Å². The van der Waals surface area contributed by atoms with Gasteiger partial charge in [0.1, 0.15) is 0 Å². The highest BCUT2D eigenvalue weighted by Gasteiger charge is 2.20. The number of hydrogen-bond donors (Lipinski definition) is 3. The summed E-state index contributed by atoms with van der Waals surface area (Å²) in [5, 5.41) is 23.4. The Labute approximate surface area is 438 Å². The van der Waals surface area contributed by atoms with Gasteiger partial charge in [0.05, 0.1) is 25.4 Å². The molecule has 0 aliphatic carbocycles. The van der Waals surface area contributed by atoms with Crippen molar-refractivity contribution in [2.24, 2.45) is 0 Å². The topological polar surface area (TPSA) is 95.9 Å². The summed E-state index contributed by atoms with van der Waals surface area (Å²) < 4.78 is 5.49. The fraction of sp³-hybridized carbons (Fsp3) is 0.969. The molecule has 0 saturated carbocycles. The Morgan fingerprint density at radius 3 is 0.871 bits per heavy atom. The molecule has 70 heavy (non-hydrogen) atoms. The van der Waals surface area contributed by atoms with E-state index in [1.54, 1.807) is 0 Å². The van der Waals surface area contributed by atoms with Crippen LogP contribution in [0.3, 0.4) is 0 Å². The molecule has 0 aromatic heterocycles. The van der Waals surface area contributed by atoms with Crippen molar-refractivity contribution in [3.05, 3.63) is 0 Å². The third-order valence-corrected chi connectivity index (χ3v) is 15.4. The first-order chi connectivity index (χ1) is 34.5. The lowest BCUT2D eigenvalue weighted by molar-refractivity contribution is -0.143. The third-order valence-electron chi connectivity index (χ3n) is 15.4. The van der Waals surface area contributed by atoms with Crippen LogP contribution in [0.25, 0.3) is 0 Å². The van der Waals surface area contributed by atoms with E-state index in [0.717, 1.165) is 38.5 Å². The molecular formula is C64H127NO5. The van der Waals surface area contributed by atoms with E-state index in [4.69, 9.17) is 4.74 Å². The summed E-state index contributed by atoms with van der Waals surface area (Å²) in [5.74, 6) is -0.0181. The van der Waals surface area contributed by atoms with Gasteiger partial charge < -0.3 is 20.3 Å². The zero-order valence-corrected chi connectivity index (χ0v) is 47.8. The first-order valence-corrected chi connectivity index (χ1v) is 32.3. The summed E-state index contributed by atoms with van der Waals surface area (Å²) >= 11 is 0. The van der Waals surface area contributed by atoms with Gasteiger partial charge in [0.2, 0.25) is 5.91 Å². The van der Waals surface area contributed by atoms with Gasteiger partial charge in [-0.3, -0.25) is 9.59 Å². The molecule has 2 unspecified atom stereocenters. The van der Waals surface area contributed by atoms with Crippen LogP contribution in [0.15, 0.2) is 0 Å².